The van der Waals surface area contributed by atoms with Gasteiger partial charge in [0, 0.05) is 6.54 Å². The van der Waals surface area contributed by atoms with Crippen molar-refractivity contribution in [1.82, 2.24) is 4.90 Å². The van der Waals surface area contributed by atoms with Gasteiger partial charge in [-0.3, -0.25) is 9.69 Å². The lowest BCUT2D eigenvalue weighted by Crippen LogP contribution is -2.32. The van der Waals surface area contributed by atoms with Crippen molar-refractivity contribution >= 4 is 28.9 Å². The Bertz CT molecular complexity index is 627. The number of amides is 1. The maximum Gasteiger partial charge on any atom is 0.252 e. The summed E-state index contributed by atoms with van der Waals surface area (Å²) in [4.78, 5) is 15.7. The Hall–Kier alpha value is -2.20. The quantitative estimate of drug-likeness (QED) is 0.809. The first kappa shape index (κ1) is 12.8. The van der Waals surface area contributed by atoms with Crippen LogP contribution in [0.25, 0.3) is 0 Å². The second-order valence-electron chi connectivity index (χ2n) is 4.69. The largest absolute Gasteiger partial charge is 0.335 e. The van der Waals surface area contributed by atoms with Gasteiger partial charge in [0.1, 0.15) is 6.54 Å². The highest BCUT2D eigenvalue weighted by atomic mass is 32.1. The molecule has 4 heteroatoms. The Morgan fingerprint density at radius 2 is 1.55 bits per heavy atom. The van der Waals surface area contributed by atoms with Gasteiger partial charge in [0.2, 0.25) is 0 Å². The lowest BCUT2D eigenvalue weighted by atomic mass is 10.2. The van der Waals surface area contributed by atoms with Crippen LogP contribution in [0.2, 0.25) is 0 Å². The fourth-order valence-electron chi connectivity index (χ4n) is 2.31. The van der Waals surface area contributed by atoms with Crippen molar-refractivity contribution in [1.29, 1.82) is 0 Å². The summed E-state index contributed by atoms with van der Waals surface area (Å²) in [6.45, 7) is 0.997. The maximum absolute atomic E-state index is 12.2. The lowest BCUT2D eigenvalue weighted by molar-refractivity contribution is -0.116. The van der Waals surface area contributed by atoms with Gasteiger partial charge in [-0.2, -0.15) is 0 Å². The number of hydrogen-bond acceptors (Lipinski definition) is 2. The number of thiocarbonyl (C=S) groups is 1. The Morgan fingerprint density at radius 1 is 0.950 bits per heavy atom. The molecule has 2 aromatic carbocycles. The average Bonchev–Trinajstić information content (AvgIpc) is 2.75. The molecule has 1 fully saturated rings. The van der Waals surface area contributed by atoms with Gasteiger partial charge in [-0.15, -0.1) is 0 Å². The Kier molecular flexibility index (Phi) is 3.48. The molecule has 3 nitrogen and oxygen atoms in total. The molecule has 2 aromatic rings. The molecule has 1 heterocycles. The number of rotatable bonds is 3. The van der Waals surface area contributed by atoms with Crippen LogP contribution in [0.15, 0.2) is 60.7 Å². The van der Waals surface area contributed by atoms with E-state index in [1.165, 1.54) is 0 Å². The van der Waals surface area contributed by atoms with Gasteiger partial charge in [-0.05, 0) is 29.9 Å². The van der Waals surface area contributed by atoms with Crippen LogP contribution in [0.1, 0.15) is 5.56 Å². The second-order valence-corrected chi connectivity index (χ2v) is 5.05. The van der Waals surface area contributed by atoms with Crippen molar-refractivity contribution in [2.75, 3.05) is 11.4 Å². The highest BCUT2D eigenvalue weighted by Crippen LogP contribution is 2.22. The minimum atomic E-state index is 0.0251. The third kappa shape index (κ3) is 2.42. The molecule has 0 radical (unpaired) electrons. The van der Waals surface area contributed by atoms with Gasteiger partial charge < -0.3 is 4.90 Å². The van der Waals surface area contributed by atoms with E-state index in [1.54, 1.807) is 4.90 Å². The summed E-state index contributed by atoms with van der Waals surface area (Å²) in [5, 5.41) is 0.574. The van der Waals surface area contributed by atoms with Crippen molar-refractivity contribution < 1.29 is 4.79 Å². The van der Waals surface area contributed by atoms with Gasteiger partial charge in [-0.25, -0.2) is 0 Å². The summed E-state index contributed by atoms with van der Waals surface area (Å²) < 4.78 is 0. The van der Waals surface area contributed by atoms with E-state index in [1.807, 2.05) is 65.6 Å². The van der Waals surface area contributed by atoms with E-state index in [9.17, 15) is 4.79 Å². The third-order valence-electron chi connectivity index (χ3n) is 3.27. The SMILES string of the molecule is O=C1CN(Cc2ccccc2)C(=S)N1c1ccccc1. The van der Waals surface area contributed by atoms with E-state index in [0.29, 0.717) is 18.2 Å². The first-order chi connectivity index (χ1) is 9.75. The monoisotopic (exact) mass is 282 g/mol. The van der Waals surface area contributed by atoms with E-state index in [4.69, 9.17) is 12.2 Å². The van der Waals surface area contributed by atoms with Gasteiger partial charge in [0.05, 0.1) is 5.69 Å². The summed E-state index contributed by atoms with van der Waals surface area (Å²) in [6.07, 6.45) is 0. The lowest BCUT2D eigenvalue weighted by Gasteiger charge is -2.20. The molecule has 0 aromatic heterocycles. The van der Waals surface area contributed by atoms with E-state index < -0.39 is 0 Å². The number of carbonyl (C=O) groups excluding carboxylic acids is 1. The van der Waals surface area contributed by atoms with Gasteiger partial charge in [0.15, 0.2) is 5.11 Å². The van der Waals surface area contributed by atoms with Crippen LogP contribution in [-0.4, -0.2) is 22.5 Å². The summed E-state index contributed by atoms with van der Waals surface area (Å²) >= 11 is 5.45. The topological polar surface area (TPSA) is 23.6 Å². The summed E-state index contributed by atoms with van der Waals surface area (Å²) in [5.74, 6) is 0.0251. The van der Waals surface area contributed by atoms with Crippen molar-refractivity contribution in [3.63, 3.8) is 0 Å². The van der Waals surface area contributed by atoms with E-state index in [-0.39, 0.29) is 5.91 Å². The Morgan fingerprint density at radius 3 is 2.20 bits per heavy atom. The van der Waals surface area contributed by atoms with Crippen LogP contribution in [-0.2, 0) is 11.3 Å². The van der Waals surface area contributed by atoms with Crippen LogP contribution in [0.5, 0.6) is 0 Å². The van der Waals surface area contributed by atoms with Crippen molar-refractivity contribution in [2.45, 2.75) is 6.54 Å². The molecule has 100 valence electrons. The molecule has 0 unspecified atom stereocenters. The van der Waals surface area contributed by atoms with Crippen LogP contribution < -0.4 is 4.90 Å². The highest BCUT2D eigenvalue weighted by Gasteiger charge is 2.33. The van der Waals surface area contributed by atoms with Gasteiger partial charge in [0.25, 0.3) is 5.91 Å². The maximum atomic E-state index is 12.2. The fourth-order valence-corrected chi connectivity index (χ4v) is 2.64. The zero-order valence-electron chi connectivity index (χ0n) is 10.9. The van der Waals surface area contributed by atoms with Crippen LogP contribution in [0.3, 0.4) is 0 Å². The number of hydrogen-bond donors (Lipinski definition) is 0. The van der Waals surface area contributed by atoms with Crippen LogP contribution >= 0.6 is 12.2 Å². The summed E-state index contributed by atoms with van der Waals surface area (Å²) in [7, 11) is 0. The van der Waals surface area contributed by atoms with Crippen LogP contribution in [0, 0.1) is 0 Å². The summed E-state index contributed by atoms with van der Waals surface area (Å²) in [6, 6.07) is 19.6. The normalized spacial score (nSPS) is 15.0. The third-order valence-corrected chi connectivity index (χ3v) is 3.71. The fraction of sp³-hybridized carbons (Fsp3) is 0.125. The highest BCUT2D eigenvalue weighted by molar-refractivity contribution is 7.80. The molecular formula is C16H14N2OS. The molecule has 0 N–H and O–H groups in total. The number of carbonyl (C=O) groups is 1. The molecule has 0 saturated carbocycles. The zero-order chi connectivity index (χ0) is 13.9. The predicted octanol–water partition coefficient (Wildman–Crippen LogP) is 2.82. The van der Waals surface area contributed by atoms with E-state index >= 15 is 0 Å². The number of nitrogens with zero attached hydrogens (tertiary/aromatic N) is 2. The van der Waals surface area contributed by atoms with E-state index in [0.717, 1.165) is 11.3 Å². The number of benzene rings is 2. The predicted molar refractivity (Wildman–Crippen MR) is 83.4 cm³/mol. The molecule has 0 atom stereocenters. The molecule has 0 bridgehead atoms. The van der Waals surface area contributed by atoms with Crippen molar-refractivity contribution in [3.8, 4) is 0 Å². The molecule has 3 rings (SSSR count). The van der Waals surface area contributed by atoms with Gasteiger partial charge >= 0.3 is 0 Å². The first-order valence-electron chi connectivity index (χ1n) is 6.46. The molecular weight excluding hydrogens is 268 g/mol. The second kappa shape index (κ2) is 5.43. The summed E-state index contributed by atoms with van der Waals surface area (Å²) in [5.41, 5.74) is 1.98. The molecule has 0 spiro atoms. The number of para-hydroxylation sites is 1. The molecule has 1 saturated heterocycles. The van der Waals surface area contributed by atoms with Crippen LogP contribution in [0.4, 0.5) is 5.69 Å². The van der Waals surface area contributed by atoms with Gasteiger partial charge in [-0.1, -0.05) is 48.5 Å². The van der Waals surface area contributed by atoms with Crippen molar-refractivity contribution in [2.24, 2.45) is 0 Å². The molecule has 1 amide bonds. The van der Waals surface area contributed by atoms with Crippen molar-refractivity contribution in [3.05, 3.63) is 66.2 Å². The zero-order valence-corrected chi connectivity index (χ0v) is 11.7. The molecule has 1 aliphatic heterocycles. The smallest absolute Gasteiger partial charge is 0.252 e. The number of anilines is 1. The average molecular weight is 282 g/mol. The molecule has 1 aliphatic rings. The van der Waals surface area contributed by atoms with E-state index in [2.05, 4.69) is 0 Å². The first-order valence-corrected chi connectivity index (χ1v) is 6.87. The Balaban J connectivity index is 1.81. The molecule has 20 heavy (non-hydrogen) atoms. The molecule has 0 aliphatic carbocycles. The Labute approximate surface area is 123 Å². The minimum absolute atomic E-state index is 0.0251. The standard InChI is InChI=1S/C16H14N2OS/c19-15-12-17(11-13-7-3-1-4-8-13)16(20)18(15)14-9-5-2-6-10-14/h1-10H,11-12H2. The minimum Gasteiger partial charge on any atom is -0.335 e.